The number of thiocarbonyl (C=S) groups is 1. The van der Waals surface area contributed by atoms with Gasteiger partial charge >= 0.3 is 0 Å². The molecule has 3 nitrogen and oxygen atoms in total. The monoisotopic (exact) mass is 457 g/mol. The molecule has 3 N–H and O–H groups in total. The van der Waals surface area contributed by atoms with Crippen molar-refractivity contribution in [3.8, 4) is 0 Å². The van der Waals surface area contributed by atoms with E-state index in [9.17, 15) is 0 Å². The minimum atomic E-state index is 0.381. The van der Waals surface area contributed by atoms with E-state index in [0.29, 0.717) is 17.8 Å². The van der Waals surface area contributed by atoms with Crippen LogP contribution in [0.4, 0.5) is 5.69 Å². The Morgan fingerprint density at radius 1 is 1.12 bits per heavy atom. The highest BCUT2D eigenvalue weighted by Crippen LogP contribution is 2.29. The van der Waals surface area contributed by atoms with Gasteiger partial charge < -0.3 is 10.6 Å². The largest absolute Gasteiger partial charge is 0.340 e. The van der Waals surface area contributed by atoms with E-state index in [1.165, 1.54) is 41.5 Å². The van der Waals surface area contributed by atoms with Gasteiger partial charge in [-0.2, -0.15) is 0 Å². The maximum atomic E-state index is 8.44. The molecule has 0 fully saturated rings. The number of fused-ring (bicyclic) bond motifs is 1. The lowest BCUT2D eigenvalue weighted by atomic mass is 9.88. The lowest BCUT2D eigenvalue weighted by Gasteiger charge is -2.20. The molecule has 4 rings (SSSR count). The van der Waals surface area contributed by atoms with E-state index in [1.54, 1.807) is 0 Å². The molecular weight excluding hydrogens is 422 g/mol. The molecule has 0 heterocycles. The van der Waals surface area contributed by atoms with Crippen LogP contribution < -0.4 is 10.6 Å². The zero-order chi connectivity index (χ0) is 23.2. The molecule has 0 saturated heterocycles. The van der Waals surface area contributed by atoms with Crippen LogP contribution in [0.2, 0.25) is 0 Å². The number of hydrogen-bond acceptors (Lipinski definition) is 3. The van der Waals surface area contributed by atoms with Crippen LogP contribution in [0.15, 0.2) is 66.3 Å². The number of benzene rings is 2. The Balaban J connectivity index is 1.38. The van der Waals surface area contributed by atoms with Crippen LogP contribution in [0.5, 0.6) is 0 Å². The van der Waals surface area contributed by atoms with Crippen molar-refractivity contribution in [3.63, 3.8) is 0 Å². The summed E-state index contributed by atoms with van der Waals surface area (Å²) in [4.78, 5) is 0.824. The number of allylic oxidation sites excluding steroid dienone is 3. The number of amidine groups is 1. The van der Waals surface area contributed by atoms with Crippen LogP contribution in [-0.2, 0) is 19.4 Å². The molecule has 2 aromatic rings. The summed E-state index contributed by atoms with van der Waals surface area (Å²) >= 11 is 5.42. The Hall–Kier alpha value is -2.56. The summed E-state index contributed by atoms with van der Waals surface area (Å²) in [6, 6.07) is 15.9. The number of hydrogen-bond donors (Lipinski definition) is 3. The van der Waals surface area contributed by atoms with Gasteiger partial charge in [0.2, 0.25) is 0 Å². The lowest BCUT2D eigenvalue weighted by Crippen LogP contribution is -2.29. The highest BCUT2D eigenvalue weighted by molar-refractivity contribution is 7.81. The van der Waals surface area contributed by atoms with Crippen LogP contribution in [0.1, 0.15) is 67.7 Å². The maximum Gasteiger partial charge on any atom is 0.131 e. The average Bonchev–Trinajstić information content (AvgIpc) is 3.24. The topological polar surface area (TPSA) is 47.9 Å². The third kappa shape index (κ3) is 5.69. The van der Waals surface area contributed by atoms with Crippen LogP contribution >= 0.6 is 12.2 Å². The van der Waals surface area contributed by atoms with E-state index in [4.69, 9.17) is 17.6 Å². The molecule has 0 bridgehead atoms. The summed E-state index contributed by atoms with van der Waals surface area (Å²) in [7, 11) is 0. The molecule has 0 amide bonds. The minimum Gasteiger partial charge on any atom is -0.340 e. The highest BCUT2D eigenvalue weighted by Gasteiger charge is 2.22. The second kappa shape index (κ2) is 11.0. The lowest BCUT2D eigenvalue weighted by molar-refractivity contribution is 0.524. The van der Waals surface area contributed by atoms with Gasteiger partial charge in [-0.3, -0.25) is 5.41 Å². The average molecular weight is 458 g/mol. The molecule has 2 aromatic carbocycles. The van der Waals surface area contributed by atoms with Crippen molar-refractivity contribution in [1.29, 1.82) is 5.41 Å². The molecule has 0 saturated carbocycles. The van der Waals surface area contributed by atoms with Crippen LogP contribution in [-0.4, -0.2) is 16.7 Å². The fourth-order valence-electron chi connectivity index (χ4n) is 5.09. The van der Waals surface area contributed by atoms with Gasteiger partial charge in [-0.15, -0.1) is 0 Å². The van der Waals surface area contributed by atoms with E-state index in [0.717, 1.165) is 41.9 Å². The number of rotatable bonds is 9. The summed E-state index contributed by atoms with van der Waals surface area (Å²) in [5.74, 6) is 1.03. The third-order valence-electron chi connectivity index (χ3n) is 6.89. The Morgan fingerprint density at radius 3 is 2.73 bits per heavy atom. The molecule has 2 unspecified atom stereocenters. The van der Waals surface area contributed by atoms with Gasteiger partial charge in [0, 0.05) is 35.1 Å². The minimum absolute atomic E-state index is 0.381. The maximum absolute atomic E-state index is 8.44. The Bertz CT molecular complexity index is 1080. The fraction of sp³-hybridized carbons (Fsp3) is 0.379. The summed E-state index contributed by atoms with van der Waals surface area (Å²) in [5, 5.41) is 15.5. The Morgan fingerprint density at radius 2 is 1.94 bits per heavy atom. The highest BCUT2D eigenvalue weighted by atomic mass is 32.1. The summed E-state index contributed by atoms with van der Waals surface area (Å²) in [5.41, 5.74) is 7.52. The number of anilines is 1. The molecule has 0 spiro atoms. The molecular formula is C29H35N3S. The van der Waals surface area contributed by atoms with E-state index >= 15 is 0 Å². The summed E-state index contributed by atoms with van der Waals surface area (Å²) < 4.78 is 0. The first-order valence-corrected chi connectivity index (χ1v) is 12.7. The molecule has 0 radical (unpaired) electrons. The van der Waals surface area contributed by atoms with E-state index in [1.807, 2.05) is 18.2 Å². The molecule has 2 atom stereocenters. The molecule has 2 aliphatic rings. The first-order valence-electron chi connectivity index (χ1n) is 12.3. The van der Waals surface area contributed by atoms with Crippen LogP contribution in [0.25, 0.3) is 0 Å². The quantitative estimate of drug-likeness (QED) is 0.218. The molecule has 172 valence electrons. The standard InChI is InChI=1S/C29H35N3S/c1-3-9-20(4-2)26-11-6-5-10-22(26)19-31-25-16-21-14-15-24(17-23(21)18-25)32-29(30)27-12-7-8-13-28(27)33/h5-8,10-12,14-15,17,20,25,31H,3-4,9,13,16,18-19H2,1-2H3,(H2,30,32). The molecule has 2 aliphatic carbocycles. The third-order valence-corrected chi connectivity index (χ3v) is 7.27. The smallest absolute Gasteiger partial charge is 0.131 e. The van der Waals surface area contributed by atoms with Gasteiger partial charge in [0.05, 0.1) is 0 Å². The van der Waals surface area contributed by atoms with Gasteiger partial charge in [-0.25, -0.2) is 0 Å². The zero-order valence-corrected chi connectivity index (χ0v) is 20.6. The molecule has 0 aromatic heterocycles. The first kappa shape index (κ1) is 23.6. The predicted octanol–water partition coefficient (Wildman–Crippen LogP) is 6.88. The van der Waals surface area contributed by atoms with Crippen LogP contribution in [0.3, 0.4) is 0 Å². The van der Waals surface area contributed by atoms with Crippen molar-refractivity contribution in [1.82, 2.24) is 5.32 Å². The van der Waals surface area contributed by atoms with Crippen LogP contribution in [0, 0.1) is 5.41 Å². The zero-order valence-electron chi connectivity index (χ0n) is 19.8. The van der Waals surface area contributed by atoms with Crippen molar-refractivity contribution >= 4 is 28.6 Å². The summed E-state index contributed by atoms with van der Waals surface area (Å²) in [6.07, 6.45) is 12.4. The van der Waals surface area contributed by atoms with Crippen molar-refractivity contribution in [2.45, 2.75) is 70.9 Å². The number of nitrogens with one attached hydrogen (secondary N) is 3. The van der Waals surface area contributed by atoms with Gasteiger partial charge in [0.1, 0.15) is 5.84 Å². The Kier molecular flexibility index (Phi) is 7.89. The Labute approximate surface area is 203 Å². The van der Waals surface area contributed by atoms with E-state index < -0.39 is 0 Å². The predicted molar refractivity (Wildman–Crippen MR) is 145 cm³/mol. The van der Waals surface area contributed by atoms with Crippen molar-refractivity contribution in [2.24, 2.45) is 0 Å². The van der Waals surface area contributed by atoms with Crippen molar-refractivity contribution in [2.75, 3.05) is 5.32 Å². The van der Waals surface area contributed by atoms with E-state index in [-0.39, 0.29) is 0 Å². The normalized spacial score (nSPS) is 18.1. The van der Waals surface area contributed by atoms with Gasteiger partial charge in [0.25, 0.3) is 0 Å². The van der Waals surface area contributed by atoms with E-state index in [2.05, 4.69) is 66.9 Å². The van der Waals surface area contributed by atoms with Gasteiger partial charge in [-0.05, 0) is 66.0 Å². The molecule has 0 aliphatic heterocycles. The SMILES string of the molecule is CCCC(CC)c1ccccc1CNC1Cc2ccc(NC(=N)C3=CC=CCC3=S)cc2C1. The van der Waals surface area contributed by atoms with Crippen molar-refractivity contribution < 1.29 is 0 Å². The summed E-state index contributed by atoms with van der Waals surface area (Å²) in [6.45, 7) is 5.50. The van der Waals surface area contributed by atoms with Crippen molar-refractivity contribution in [3.05, 3.63) is 88.5 Å². The van der Waals surface area contributed by atoms with Gasteiger partial charge in [0.15, 0.2) is 0 Å². The second-order valence-electron chi connectivity index (χ2n) is 9.20. The first-order chi connectivity index (χ1) is 16.1. The second-order valence-corrected chi connectivity index (χ2v) is 9.69. The van der Waals surface area contributed by atoms with Gasteiger partial charge in [-0.1, -0.05) is 81.0 Å². The fourth-order valence-corrected chi connectivity index (χ4v) is 5.36. The molecule has 33 heavy (non-hydrogen) atoms. The molecule has 4 heteroatoms.